The van der Waals surface area contributed by atoms with Gasteiger partial charge in [-0.1, -0.05) is 50.1 Å². The molecule has 0 spiro atoms. The first-order valence-electron chi connectivity index (χ1n) is 9.55. The highest BCUT2D eigenvalue weighted by molar-refractivity contribution is 7.80. The van der Waals surface area contributed by atoms with Crippen LogP contribution in [0.2, 0.25) is 0 Å². The van der Waals surface area contributed by atoms with Gasteiger partial charge in [0.25, 0.3) is 5.91 Å². The Labute approximate surface area is 165 Å². The Balaban J connectivity index is 1.47. The van der Waals surface area contributed by atoms with Crippen molar-refractivity contribution in [2.45, 2.75) is 51.7 Å². The standard InChI is InChI=1S/C21H27N3O2S/c1-14-7-3-6-10-19(14)22-21(27)24-23-20(25)15(2)26-18-12-11-16-8-4-5-9-17(16)13-18/h4-5,8-9,11-15,19H,3,6-7,10H2,1-2H3,(H,23,25)(H2,22,24,27)/t14-,15+,19-/m0/s1. The zero-order valence-electron chi connectivity index (χ0n) is 15.8. The van der Waals surface area contributed by atoms with Crippen LogP contribution in [0.1, 0.15) is 39.5 Å². The summed E-state index contributed by atoms with van der Waals surface area (Å²) in [5.74, 6) is 0.974. The Morgan fingerprint density at radius 3 is 2.63 bits per heavy atom. The maximum Gasteiger partial charge on any atom is 0.279 e. The summed E-state index contributed by atoms with van der Waals surface area (Å²) in [6, 6.07) is 14.2. The number of hydrogen-bond donors (Lipinski definition) is 3. The molecule has 0 aliphatic heterocycles. The van der Waals surface area contributed by atoms with E-state index >= 15 is 0 Å². The van der Waals surface area contributed by atoms with Gasteiger partial charge in [0.15, 0.2) is 11.2 Å². The SMILES string of the molecule is C[C@@H](Oc1ccc2ccccc2c1)C(=O)NNC(=S)N[C@H]1CCCC[C@@H]1C. The quantitative estimate of drug-likeness (QED) is 0.554. The van der Waals surface area contributed by atoms with Crippen LogP contribution in [0.3, 0.4) is 0 Å². The minimum Gasteiger partial charge on any atom is -0.481 e. The minimum atomic E-state index is -0.643. The van der Waals surface area contributed by atoms with Crippen LogP contribution in [-0.4, -0.2) is 23.2 Å². The van der Waals surface area contributed by atoms with Crippen molar-refractivity contribution in [3.05, 3.63) is 42.5 Å². The van der Waals surface area contributed by atoms with Crippen LogP contribution >= 0.6 is 12.2 Å². The molecule has 1 aliphatic rings. The lowest BCUT2D eigenvalue weighted by Gasteiger charge is -2.30. The van der Waals surface area contributed by atoms with Gasteiger partial charge in [-0.2, -0.15) is 0 Å². The number of thiocarbonyl (C=S) groups is 1. The number of carbonyl (C=O) groups is 1. The van der Waals surface area contributed by atoms with Crippen molar-refractivity contribution in [1.82, 2.24) is 16.2 Å². The highest BCUT2D eigenvalue weighted by atomic mass is 32.1. The third-order valence-electron chi connectivity index (χ3n) is 5.13. The molecular weight excluding hydrogens is 358 g/mol. The maximum absolute atomic E-state index is 12.3. The lowest BCUT2D eigenvalue weighted by Crippen LogP contribution is -2.53. The molecule has 5 nitrogen and oxygen atoms in total. The van der Waals surface area contributed by atoms with Crippen molar-refractivity contribution in [3.8, 4) is 5.75 Å². The van der Waals surface area contributed by atoms with Crippen molar-refractivity contribution < 1.29 is 9.53 Å². The summed E-state index contributed by atoms with van der Waals surface area (Å²) in [6.07, 6.45) is 4.17. The molecule has 3 N–H and O–H groups in total. The van der Waals surface area contributed by atoms with E-state index in [1.807, 2.05) is 42.5 Å². The molecule has 1 fully saturated rings. The summed E-state index contributed by atoms with van der Waals surface area (Å²) in [6.45, 7) is 3.95. The van der Waals surface area contributed by atoms with Gasteiger partial charge in [-0.3, -0.25) is 15.6 Å². The summed E-state index contributed by atoms with van der Waals surface area (Å²) in [4.78, 5) is 12.3. The third kappa shape index (κ3) is 5.32. The van der Waals surface area contributed by atoms with Crippen molar-refractivity contribution >= 4 is 34.0 Å². The fraction of sp³-hybridized carbons (Fsp3) is 0.429. The Morgan fingerprint density at radius 2 is 1.85 bits per heavy atom. The van der Waals surface area contributed by atoms with Gasteiger partial charge < -0.3 is 10.1 Å². The Bertz CT molecular complexity index is 811. The van der Waals surface area contributed by atoms with Crippen molar-refractivity contribution in [3.63, 3.8) is 0 Å². The van der Waals surface area contributed by atoms with E-state index in [2.05, 4.69) is 23.1 Å². The smallest absolute Gasteiger partial charge is 0.279 e. The van der Waals surface area contributed by atoms with Gasteiger partial charge in [0.05, 0.1) is 0 Å². The molecule has 0 aromatic heterocycles. The first-order chi connectivity index (χ1) is 13.0. The molecule has 1 amide bonds. The molecule has 1 saturated carbocycles. The number of ether oxygens (including phenoxy) is 1. The number of hydrogen-bond acceptors (Lipinski definition) is 3. The number of hydrazine groups is 1. The largest absolute Gasteiger partial charge is 0.481 e. The van der Waals surface area contributed by atoms with Crippen LogP contribution in [0.15, 0.2) is 42.5 Å². The fourth-order valence-electron chi connectivity index (χ4n) is 3.45. The molecule has 2 aromatic rings. The van der Waals surface area contributed by atoms with Crippen LogP contribution in [0.5, 0.6) is 5.75 Å². The number of nitrogens with one attached hydrogen (secondary N) is 3. The highest BCUT2D eigenvalue weighted by Gasteiger charge is 2.22. The zero-order valence-corrected chi connectivity index (χ0v) is 16.6. The van der Waals surface area contributed by atoms with Gasteiger partial charge in [0, 0.05) is 6.04 Å². The molecule has 0 bridgehead atoms. The molecular formula is C21H27N3O2S. The minimum absolute atomic E-state index is 0.274. The molecule has 0 saturated heterocycles. The molecule has 1 aliphatic carbocycles. The van der Waals surface area contributed by atoms with Crippen LogP contribution < -0.4 is 20.9 Å². The summed E-state index contributed by atoms with van der Waals surface area (Å²) in [5, 5.41) is 5.95. The molecule has 0 unspecified atom stereocenters. The molecule has 3 atom stereocenters. The van der Waals surface area contributed by atoms with E-state index in [0.29, 0.717) is 22.8 Å². The van der Waals surface area contributed by atoms with Crippen molar-refractivity contribution in [2.75, 3.05) is 0 Å². The first kappa shape index (κ1) is 19.4. The van der Waals surface area contributed by atoms with E-state index in [1.54, 1.807) is 6.92 Å². The first-order valence-corrected chi connectivity index (χ1v) is 9.95. The van der Waals surface area contributed by atoms with Crippen LogP contribution in [-0.2, 0) is 4.79 Å². The molecule has 27 heavy (non-hydrogen) atoms. The van der Waals surface area contributed by atoms with Gasteiger partial charge in [0.1, 0.15) is 5.75 Å². The van der Waals surface area contributed by atoms with Gasteiger partial charge in [-0.15, -0.1) is 0 Å². The third-order valence-corrected chi connectivity index (χ3v) is 5.35. The second-order valence-electron chi connectivity index (χ2n) is 7.22. The molecule has 3 rings (SSSR count). The number of amides is 1. The number of fused-ring (bicyclic) bond motifs is 1. The predicted molar refractivity (Wildman–Crippen MR) is 112 cm³/mol. The number of carbonyl (C=O) groups excluding carboxylic acids is 1. The van der Waals surface area contributed by atoms with E-state index in [0.717, 1.165) is 17.2 Å². The van der Waals surface area contributed by atoms with Crippen LogP contribution in [0.4, 0.5) is 0 Å². The zero-order chi connectivity index (χ0) is 19.2. The monoisotopic (exact) mass is 385 g/mol. The van der Waals surface area contributed by atoms with Crippen molar-refractivity contribution in [1.29, 1.82) is 0 Å². The summed E-state index contributed by atoms with van der Waals surface area (Å²) >= 11 is 5.30. The van der Waals surface area contributed by atoms with E-state index in [1.165, 1.54) is 19.3 Å². The Kier molecular flexibility index (Phi) is 6.50. The van der Waals surface area contributed by atoms with E-state index in [-0.39, 0.29) is 5.91 Å². The van der Waals surface area contributed by atoms with Gasteiger partial charge in [-0.05, 0) is 60.8 Å². The molecule has 6 heteroatoms. The molecule has 0 radical (unpaired) electrons. The lowest BCUT2D eigenvalue weighted by atomic mass is 9.86. The maximum atomic E-state index is 12.3. The second kappa shape index (κ2) is 9.04. The average molecular weight is 386 g/mol. The lowest BCUT2D eigenvalue weighted by molar-refractivity contribution is -0.127. The van der Waals surface area contributed by atoms with E-state index in [9.17, 15) is 4.79 Å². The van der Waals surface area contributed by atoms with E-state index < -0.39 is 6.10 Å². The van der Waals surface area contributed by atoms with Gasteiger partial charge in [-0.25, -0.2) is 0 Å². The molecule has 144 valence electrons. The predicted octanol–water partition coefficient (Wildman–Crippen LogP) is 3.68. The fourth-order valence-corrected chi connectivity index (χ4v) is 3.66. The van der Waals surface area contributed by atoms with Crippen LogP contribution in [0, 0.1) is 5.92 Å². The van der Waals surface area contributed by atoms with Gasteiger partial charge >= 0.3 is 0 Å². The summed E-state index contributed by atoms with van der Waals surface area (Å²) in [7, 11) is 0. The number of rotatable bonds is 4. The highest BCUT2D eigenvalue weighted by Crippen LogP contribution is 2.23. The second-order valence-corrected chi connectivity index (χ2v) is 7.63. The molecule has 0 heterocycles. The Morgan fingerprint density at radius 1 is 1.11 bits per heavy atom. The summed E-state index contributed by atoms with van der Waals surface area (Å²) in [5.41, 5.74) is 5.41. The Hall–Kier alpha value is -2.34. The number of benzene rings is 2. The normalized spacial score (nSPS) is 20.5. The summed E-state index contributed by atoms with van der Waals surface area (Å²) < 4.78 is 5.77. The topological polar surface area (TPSA) is 62.4 Å². The van der Waals surface area contributed by atoms with Crippen LogP contribution in [0.25, 0.3) is 10.8 Å². The van der Waals surface area contributed by atoms with E-state index in [4.69, 9.17) is 17.0 Å². The average Bonchev–Trinajstić information content (AvgIpc) is 2.67. The van der Waals surface area contributed by atoms with Gasteiger partial charge in [0.2, 0.25) is 0 Å². The molecule has 2 aromatic carbocycles. The van der Waals surface area contributed by atoms with Crippen molar-refractivity contribution in [2.24, 2.45) is 5.92 Å².